The van der Waals surface area contributed by atoms with Gasteiger partial charge in [0, 0.05) is 56.6 Å². The number of aromatic amines is 1. The van der Waals surface area contributed by atoms with E-state index in [0.717, 1.165) is 0 Å². The first kappa shape index (κ1) is 26.2. The van der Waals surface area contributed by atoms with Crippen molar-refractivity contribution in [3.8, 4) is 0 Å². The summed E-state index contributed by atoms with van der Waals surface area (Å²) in [6.45, 7) is 4.77. The van der Waals surface area contributed by atoms with Crippen molar-refractivity contribution in [2.24, 2.45) is 5.41 Å². The molecule has 1 saturated heterocycles. The molecule has 9 nitrogen and oxygen atoms in total. The van der Waals surface area contributed by atoms with Gasteiger partial charge in [0.25, 0.3) is 5.56 Å². The van der Waals surface area contributed by atoms with Crippen LogP contribution in [-0.2, 0) is 17.1 Å². The molecule has 2 aromatic heterocycles. The van der Waals surface area contributed by atoms with Gasteiger partial charge < -0.3 is 15.1 Å². The zero-order chi connectivity index (χ0) is 26.0. The minimum absolute atomic E-state index is 0.119. The smallest absolute Gasteiger partial charge is 0.369 e. The minimum Gasteiger partial charge on any atom is -0.369 e. The Bertz CT molecular complexity index is 1090. The lowest BCUT2D eigenvalue weighted by Gasteiger charge is -2.38. The molecule has 35 heavy (non-hydrogen) atoms. The highest BCUT2D eigenvalue weighted by atomic mass is 19.4. The molecule has 1 aliphatic heterocycles. The molecule has 192 valence electrons. The van der Waals surface area contributed by atoms with Crippen molar-refractivity contribution in [3.05, 3.63) is 39.9 Å². The molecule has 2 aromatic rings. The number of H-pyrrole nitrogens is 1. The molecule has 0 spiro atoms. The molecule has 1 aliphatic rings. The maximum absolute atomic E-state index is 13.0. The Morgan fingerprint density at radius 2 is 1.63 bits per heavy atom. The number of hydrogen-bond acceptors (Lipinski definition) is 7. The summed E-state index contributed by atoms with van der Waals surface area (Å²) in [5.41, 5.74) is -4.54. The van der Waals surface area contributed by atoms with Gasteiger partial charge in [0.2, 0.25) is 11.9 Å². The molecular formula is C20H23F6N7O2. The predicted molar refractivity (Wildman–Crippen MR) is 113 cm³/mol. The van der Waals surface area contributed by atoms with Crippen LogP contribution >= 0.6 is 0 Å². The van der Waals surface area contributed by atoms with Crippen LogP contribution in [0.2, 0.25) is 0 Å². The number of carbonyl (C=O) groups is 1. The molecule has 0 aliphatic carbocycles. The zero-order valence-corrected chi connectivity index (χ0v) is 18.8. The van der Waals surface area contributed by atoms with Crippen LogP contribution in [0.5, 0.6) is 0 Å². The van der Waals surface area contributed by atoms with Gasteiger partial charge in [-0.25, -0.2) is 15.1 Å². The van der Waals surface area contributed by atoms with Crippen LogP contribution in [-0.4, -0.2) is 63.7 Å². The molecule has 0 aromatic carbocycles. The number of amides is 1. The highest BCUT2D eigenvalue weighted by Crippen LogP contribution is 2.30. The number of piperazine rings is 1. The number of nitrogens with zero attached hydrogens (tertiary/aromatic N) is 5. The van der Waals surface area contributed by atoms with E-state index < -0.39 is 34.5 Å². The lowest BCUT2D eigenvalue weighted by atomic mass is 9.87. The number of aromatic nitrogens is 4. The van der Waals surface area contributed by atoms with Crippen molar-refractivity contribution in [2.45, 2.75) is 32.6 Å². The number of hydrogen-bond donors (Lipinski definition) is 2. The SMILES string of the molecule is CC(C)(CCNc1cc(C(F)(F)F)c(=O)[nH]n1)C(=O)N1CCN(c2ncc(C(F)(F)F)cn2)CC1. The minimum atomic E-state index is -4.82. The Morgan fingerprint density at radius 1 is 1.03 bits per heavy atom. The van der Waals surface area contributed by atoms with Crippen molar-refractivity contribution in [1.29, 1.82) is 0 Å². The summed E-state index contributed by atoms with van der Waals surface area (Å²) < 4.78 is 76.6. The zero-order valence-electron chi connectivity index (χ0n) is 18.8. The van der Waals surface area contributed by atoms with Crippen LogP contribution in [0.15, 0.2) is 23.3 Å². The Labute approximate surface area is 195 Å². The van der Waals surface area contributed by atoms with E-state index in [2.05, 4.69) is 20.4 Å². The molecule has 3 heterocycles. The molecular weight excluding hydrogens is 484 g/mol. The van der Waals surface area contributed by atoms with E-state index >= 15 is 0 Å². The fourth-order valence-electron chi connectivity index (χ4n) is 3.49. The molecule has 1 amide bonds. The van der Waals surface area contributed by atoms with E-state index in [-0.39, 0.29) is 30.6 Å². The van der Waals surface area contributed by atoms with E-state index in [1.54, 1.807) is 28.7 Å². The first-order valence-corrected chi connectivity index (χ1v) is 10.5. The van der Waals surface area contributed by atoms with Crippen molar-refractivity contribution in [2.75, 3.05) is 42.9 Å². The van der Waals surface area contributed by atoms with E-state index in [1.807, 2.05) is 0 Å². The average molecular weight is 507 g/mol. The summed E-state index contributed by atoms with van der Waals surface area (Å²) in [5.74, 6) is -0.219. The molecule has 3 rings (SSSR count). The van der Waals surface area contributed by atoms with Crippen molar-refractivity contribution >= 4 is 17.7 Å². The summed E-state index contributed by atoms with van der Waals surface area (Å²) >= 11 is 0. The van der Waals surface area contributed by atoms with Gasteiger partial charge in [-0.2, -0.15) is 31.4 Å². The molecule has 0 radical (unpaired) electrons. The highest BCUT2D eigenvalue weighted by Gasteiger charge is 2.36. The maximum atomic E-state index is 13.0. The Hall–Kier alpha value is -3.39. The van der Waals surface area contributed by atoms with Crippen LogP contribution in [0.25, 0.3) is 0 Å². The van der Waals surface area contributed by atoms with E-state index in [0.29, 0.717) is 44.6 Å². The number of alkyl halides is 6. The summed E-state index contributed by atoms with van der Waals surface area (Å²) in [4.78, 5) is 35.1. The van der Waals surface area contributed by atoms with Gasteiger partial charge in [0.1, 0.15) is 11.4 Å². The van der Waals surface area contributed by atoms with Crippen LogP contribution in [0.3, 0.4) is 0 Å². The van der Waals surface area contributed by atoms with E-state index in [4.69, 9.17) is 0 Å². The summed E-state index contributed by atoms with van der Waals surface area (Å²) in [5, 5.41) is 8.02. The second-order valence-corrected chi connectivity index (χ2v) is 8.60. The third-order valence-electron chi connectivity index (χ3n) is 5.56. The number of anilines is 2. The normalized spacial score (nSPS) is 15.3. The van der Waals surface area contributed by atoms with Gasteiger partial charge >= 0.3 is 12.4 Å². The summed E-state index contributed by atoms with van der Waals surface area (Å²) in [7, 11) is 0. The second-order valence-electron chi connectivity index (χ2n) is 8.60. The largest absolute Gasteiger partial charge is 0.421 e. The Balaban J connectivity index is 1.53. The van der Waals surface area contributed by atoms with Crippen molar-refractivity contribution in [1.82, 2.24) is 25.1 Å². The number of halogens is 6. The predicted octanol–water partition coefficient (Wildman–Crippen LogP) is 2.77. The maximum Gasteiger partial charge on any atom is 0.421 e. The van der Waals surface area contributed by atoms with Crippen LogP contribution in [0.4, 0.5) is 38.1 Å². The summed E-state index contributed by atoms with van der Waals surface area (Å²) in [6.07, 6.45) is -7.67. The van der Waals surface area contributed by atoms with Gasteiger partial charge in [-0.1, -0.05) is 13.8 Å². The van der Waals surface area contributed by atoms with Gasteiger partial charge in [-0.05, 0) is 6.42 Å². The van der Waals surface area contributed by atoms with Gasteiger partial charge in [-0.15, -0.1) is 0 Å². The molecule has 0 unspecified atom stereocenters. The lowest BCUT2D eigenvalue weighted by molar-refractivity contribution is -0.141. The third-order valence-corrected chi connectivity index (χ3v) is 5.56. The fourth-order valence-corrected chi connectivity index (χ4v) is 3.49. The monoisotopic (exact) mass is 507 g/mol. The Kier molecular flexibility index (Phi) is 7.26. The number of nitrogens with one attached hydrogen (secondary N) is 2. The molecule has 0 atom stereocenters. The van der Waals surface area contributed by atoms with Crippen molar-refractivity contribution < 1.29 is 31.1 Å². The Morgan fingerprint density at radius 3 is 2.17 bits per heavy atom. The first-order chi connectivity index (χ1) is 16.2. The second kappa shape index (κ2) is 9.70. The topological polar surface area (TPSA) is 107 Å². The van der Waals surface area contributed by atoms with E-state index in [1.165, 1.54) is 0 Å². The van der Waals surface area contributed by atoms with Crippen LogP contribution in [0.1, 0.15) is 31.4 Å². The standard InChI is InChI=1S/C20H23F6N7O2/c1-18(2,3-4-27-14-9-13(20(24,25)26)15(34)31-30-14)16(35)32-5-7-33(8-6-32)17-28-10-12(11-29-17)19(21,22)23/h9-11H,3-8H2,1-2H3,(H,27,30)(H,31,34). The molecule has 0 bridgehead atoms. The molecule has 15 heteroatoms. The summed E-state index contributed by atoms with van der Waals surface area (Å²) in [6, 6.07) is 0.607. The van der Waals surface area contributed by atoms with E-state index in [9.17, 15) is 35.9 Å². The molecule has 0 saturated carbocycles. The first-order valence-electron chi connectivity index (χ1n) is 10.5. The number of carbonyl (C=O) groups excluding carboxylic acids is 1. The number of rotatable bonds is 6. The molecule has 1 fully saturated rings. The average Bonchev–Trinajstić information content (AvgIpc) is 2.78. The lowest BCUT2D eigenvalue weighted by Crippen LogP contribution is -2.52. The quantitative estimate of drug-likeness (QED) is 0.579. The van der Waals surface area contributed by atoms with Crippen molar-refractivity contribution in [3.63, 3.8) is 0 Å². The van der Waals surface area contributed by atoms with Crippen LogP contribution in [0, 0.1) is 5.41 Å². The fraction of sp³-hybridized carbons (Fsp3) is 0.550. The highest BCUT2D eigenvalue weighted by molar-refractivity contribution is 5.82. The van der Waals surface area contributed by atoms with Gasteiger partial charge in [0.15, 0.2) is 0 Å². The van der Waals surface area contributed by atoms with Gasteiger partial charge in [-0.3, -0.25) is 9.59 Å². The van der Waals surface area contributed by atoms with Crippen LogP contribution < -0.4 is 15.8 Å². The van der Waals surface area contributed by atoms with Gasteiger partial charge in [0.05, 0.1) is 5.56 Å². The third kappa shape index (κ3) is 6.39. The molecule has 2 N–H and O–H groups in total.